The van der Waals surface area contributed by atoms with Crippen LogP contribution in [0.1, 0.15) is 50.2 Å². The highest BCUT2D eigenvalue weighted by atomic mass is 14.9. The molecular weight excluding hydrogens is 220 g/mol. The van der Waals surface area contributed by atoms with Crippen LogP contribution in [0.25, 0.3) is 0 Å². The van der Waals surface area contributed by atoms with Crippen molar-refractivity contribution in [3.05, 3.63) is 29.3 Å². The van der Waals surface area contributed by atoms with Crippen LogP contribution in [0, 0.1) is 23.7 Å². The lowest BCUT2D eigenvalue weighted by atomic mass is 9.70. The Morgan fingerprint density at radius 1 is 1.39 bits per heavy atom. The zero-order valence-corrected chi connectivity index (χ0v) is 11.6. The molecule has 0 aliphatic heterocycles. The molecule has 1 aromatic carbocycles. The summed E-state index contributed by atoms with van der Waals surface area (Å²) < 4.78 is 0. The molecule has 1 fully saturated rings. The Balaban J connectivity index is 2.09. The fourth-order valence-corrected chi connectivity index (χ4v) is 2.39. The molecule has 0 bridgehead atoms. The Morgan fingerprint density at radius 3 is 2.61 bits per heavy atom. The molecule has 0 amide bonds. The second-order valence-corrected chi connectivity index (χ2v) is 5.83. The third-order valence-corrected chi connectivity index (χ3v) is 4.09. The minimum Gasteiger partial charge on any atom is -0.383 e. The van der Waals surface area contributed by atoms with Gasteiger partial charge in [0.05, 0.1) is 11.5 Å². The predicted octanol–water partition coefficient (Wildman–Crippen LogP) is 4.22. The minimum atomic E-state index is -0.111. The van der Waals surface area contributed by atoms with Crippen LogP contribution in [-0.4, -0.2) is 6.54 Å². The summed E-state index contributed by atoms with van der Waals surface area (Å²) in [6.45, 7) is 7.31. The summed E-state index contributed by atoms with van der Waals surface area (Å²) in [5, 5.41) is 12.7. The van der Waals surface area contributed by atoms with Gasteiger partial charge in [0.15, 0.2) is 0 Å². The van der Waals surface area contributed by atoms with E-state index in [1.165, 1.54) is 23.2 Å². The van der Waals surface area contributed by atoms with Crippen molar-refractivity contribution < 1.29 is 0 Å². The van der Waals surface area contributed by atoms with Crippen LogP contribution in [0.2, 0.25) is 0 Å². The highest BCUT2D eigenvalue weighted by Crippen LogP contribution is 2.40. The van der Waals surface area contributed by atoms with Gasteiger partial charge in [-0.25, -0.2) is 0 Å². The van der Waals surface area contributed by atoms with Crippen LogP contribution in [0.3, 0.4) is 0 Å². The average Bonchev–Trinajstić information content (AvgIpc) is 2.30. The van der Waals surface area contributed by atoms with Crippen LogP contribution in [-0.2, 0) is 0 Å². The smallest absolute Gasteiger partial charge is 0.0746 e. The number of nitrogens with one attached hydrogen (secondary N) is 1. The van der Waals surface area contributed by atoms with Gasteiger partial charge in [-0.2, -0.15) is 5.26 Å². The number of benzene rings is 1. The zero-order valence-electron chi connectivity index (χ0n) is 11.6. The van der Waals surface area contributed by atoms with Crippen molar-refractivity contribution in [2.24, 2.45) is 5.41 Å². The van der Waals surface area contributed by atoms with Gasteiger partial charge in [-0.15, -0.1) is 0 Å². The number of hydrogen-bond donors (Lipinski definition) is 1. The maximum absolute atomic E-state index is 9.24. The van der Waals surface area contributed by atoms with Crippen molar-refractivity contribution in [3.63, 3.8) is 0 Å². The lowest BCUT2D eigenvalue weighted by Gasteiger charge is -2.35. The van der Waals surface area contributed by atoms with Crippen molar-refractivity contribution >= 4 is 5.69 Å². The largest absolute Gasteiger partial charge is 0.383 e. The van der Waals surface area contributed by atoms with Crippen LogP contribution < -0.4 is 5.32 Å². The van der Waals surface area contributed by atoms with E-state index in [1.54, 1.807) is 0 Å². The minimum absolute atomic E-state index is 0.111. The number of nitrogens with zero attached hydrogens (tertiary/aromatic N) is 1. The third kappa shape index (κ3) is 2.51. The fourth-order valence-electron chi connectivity index (χ4n) is 2.39. The lowest BCUT2D eigenvalue weighted by Crippen LogP contribution is -2.35. The molecule has 96 valence electrons. The first-order valence-corrected chi connectivity index (χ1v) is 6.82. The molecular formula is C16H22N2. The van der Waals surface area contributed by atoms with Crippen LogP contribution in [0.15, 0.2) is 18.2 Å². The summed E-state index contributed by atoms with van der Waals surface area (Å²) in [6.07, 6.45) is 3.28. The molecule has 1 aliphatic rings. The summed E-state index contributed by atoms with van der Waals surface area (Å²) in [5.41, 5.74) is 3.68. The molecule has 0 spiro atoms. The van der Waals surface area contributed by atoms with Gasteiger partial charge < -0.3 is 5.32 Å². The monoisotopic (exact) mass is 242 g/mol. The summed E-state index contributed by atoms with van der Waals surface area (Å²) in [4.78, 5) is 0. The van der Waals surface area contributed by atoms with Crippen LogP contribution >= 0.6 is 0 Å². The maximum atomic E-state index is 9.24. The molecule has 2 rings (SSSR count). The van der Waals surface area contributed by atoms with Crippen LogP contribution in [0.4, 0.5) is 5.69 Å². The maximum Gasteiger partial charge on any atom is 0.0746 e. The van der Waals surface area contributed by atoms with Crippen molar-refractivity contribution in [2.75, 3.05) is 11.9 Å². The molecule has 1 saturated carbocycles. The van der Waals surface area contributed by atoms with Gasteiger partial charge in [-0.05, 0) is 42.9 Å². The molecule has 0 heterocycles. The number of anilines is 1. The van der Waals surface area contributed by atoms with E-state index in [2.05, 4.69) is 50.4 Å². The highest BCUT2D eigenvalue weighted by Gasteiger charge is 2.36. The molecule has 0 atom stereocenters. The van der Waals surface area contributed by atoms with Gasteiger partial charge in [-0.3, -0.25) is 0 Å². The van der Waals surface area contributed by atoms with Gasteiger partial charge in [0, 0.05) is 12.2 Å². The van der Waals surface area contributed by atoms with Crippen LogP contribution in [0.5, 0.6) is 0 Å². The van der Waals surface area contributed by atoms with E-state index >= 15 is 0 Å². The first-order valence-electron chi connectivity index (χ1n) is 6.82. The van der Waals surface area contributed by atoms with Gasteiger partial charge in [0.25, 0.3) is 0 Å². The molecule has 0 saturated heterocycles. The SMILES string of the molecule is Cc1ccc(C(C)C)cc1NCC1(C#N)CCC1. The molecule has 1 N–H and O–H groups in total. The van der Waals surface area contributed by atoms with Crippen molar-refractivity contribution in [2.45, 2.75) is 46.0 Å². The molecule has 0 radical (unpaired) electrons. The van der Waals surface area contributed by atoms with Crippen molar-refractivity contribution in [1.29, 1.82) is 5.26 Å². The van der Waals surface area contributed by atoms with Crippen molar-refractivity contribution in [3.8, 4) is 6.07 Å². The van der Waals surface area contributed by atoms with Crippen molar-refractivity contribution in [1.82, 2.24) is 0 Å². The first-order chi connectivity index (χ1) is 8.56. The van der Waals surface area contributed by atoms with E-state index in [1.807, 2.05) is 0 Å². The standard InChI is InChI=1S/C16H22N2/c1-12(2)14-6-5-13(3)15(9-14)18-11-16(10-17)7-4-8-16/h5-6,9,12,18H,4,7-8,11H2,1-3H3. The van der Waals surface area contributed by atoms with E-state index in [4.69, 9.17) is 0 Å². The number of nitriles is 1. The average molecular weight is 242 g/mol. The number of hydrogen-bond acceptors (Lipinski definition) is 2. The molecule has 1 aliphatic carbocycles. The highest BCUT2D eigenvalue weighted by molar-refractivity contribution is 5.53. The topological polar surface area (TPSA) is 35.8 Å². The quantitative estimate of drug-likeness (QED) is 0.858. The molecule has 2 heteroatoms. The molecule has 0 aromatic heterocycles. The Kier molecular flexibility index (Phi) is 3.61. The lowest BCUT2D eigenvalue weighted by molar-refractivity contribution is 0.233. The Hall–Kier alpha value is -1.49. The van der Waals surface area contributed by atoms with E-state index in [0.717, 1.165) is 19.4 Å². The summed E-state index contributed by atoms with van der Waals surface area (Å²) in [6, 6.07) is 9.06. The summed E-state index contributed by atoms with van der Waals surface area (Å²) in [7, 11) is 0. The van der Waals surface area contributed by atoms with E-state index in [9.17, 15) is 5.26 Å². The molecule has 1 aromatic rings. The van der Waals surface area contributed by atoms with E-state index < -0.39 is 0 Å². The zero-order chi connectivity index (χ0) is 13.2. The normalized spacial score (nSPS) is 17.1. The summed E-state index contributed by atoms with van der Waals surface area (Å²) >= 11 is 0. The number of rotatable bonds is 4. The molecule has 0 unspecified atom stereocenters. The third-order valence-electron chi connectivity index (χ3n) is 4.09. The second-order valence-electron chi connectivity index (χ2n) is 5.83. The van der Waals surface area contributed by atoms with Gasteiger partial charge in [0.2, 0.25) is 0 Å². The van der Waals surface area contributed by atoms with Gasteiger partial charge >= 0.3 is 0 Å². The predicted molar refractivity (Wildman–Crippen MR) is 75.7 cm³/mol. The fraction of sp³-hybridized carbons (Fsp3) is 0.562. The van der Waals surface area contributed by atoms with E-state index in [-0.39, 0.29) is 5.41 Å². The first kappa shape index (κ1) is 13.0. The Morgan fingerprint density at radius 2 is 2.11 bits per heavy atom. The summed E-state index contributed by atoms with van der Waals surface area (Å²) in [5.74, 6) is 0.541. The molecule has 2 nitrogen and oxygen atoms in total. The molecule has 18 heavy (non-hydrogen) atoms. The van der Waals surface area contributed by atoms with Gasteiger partial charge in [0.1, 0.15) is 0 Å². The number of aryl methyl sites for hydroxylation is 1. The Bertz CT molecular complexity index is 464. The van der Waals surface area contributed by atoms with E-state index in [0.29, 0.717) is 5.92 Å². The van der Waals surface area contributed by atoms with Gasteiger partial charge in [-0.1, -0.05) is 32.4 Å². The Labute approximate surface area is 110 Å². The second kappa shape index (κ2) is 5.02.